The van der Waals surface area contributed by atoms with Gasteiger partial charge in [-0.15, -0.1) is 0 Å². The fourth-order valence-corrected chi connectivity index (χ4v) is 2.80. The van der Waals surface area contributed by atoms with Crippen molar-refractivity contribution in [3.05, 3.63) is 11.7 Å². The average molecular weight is 251 g/mol. The second-order valence-electron chi connectivity index (χ2n) is 5.53. The normalized spacial score (nSPS) is 33.5. The Hall–Kier alpha value is -0.940. The SMILES string of the molecule is CC1CCC(c2noc(C3COCCN3)n2)CC1. The van der Waals surface area contributed by atoms with Gasteiger partial charge in [-0.2, -0.15) is 4.98 Å². The quantitative estimate of drug-likeness (QED) is 0.871. The monoisotopic (exact) mass is 251 g/mol. The van der Waals surface area contributed by atoms with E-state index in [4.69, 9.17) is 9.26 Å². The van der Waals surface area contributed by atoms with Gasteiger partial charge in [0.2, 0.25) is 5.89 Å². The maximum Gasteiger partial charge on any atom is 0.246 e. The first-order valence-corrected chi connectivity index (χ1v) is 6.97. The number of nitrogens with one attached hydrogen (secondary N) is 1. The van der Waals surface area contributed by atoms with Crippen LogP contribution in [0.25, 0.3) is 0 Å². The molecule has 1 unspecified atom stereocenters. The van der Waals surface area contributed by atoms with Crippen LogP contribution < -0.4 is 5.32 Å². The lowest BCUT2D eigenvalue weighted by molar-refractivity contribution is 0.0659. The van der Waals surface area contributed by atoms with Crippen molar-refractivity contribution in [1.29, 1.82) is 0 Å². The molecule has 3 rings (SSSR count). The summed E-state index contributed by atoms with van der Waals surface area (Å²) >= 11 is 0. The van der Waals surface area contributed by atoms with Gasteiger partial charge in [-0.1, -0.05) is 24.9 Å². The molecule has 1 saturated heterocycles. The lowest BCUT2D eigenvalue weighted by Crippen LogP contribution is -2.34. The summed E-state index contributed by atoms with van der Waals surface area (Å²) in [5, 5.41) is 7.50. The van der Waals surface area contributed by atoms with E-state index in [1.165, 1.54) is 25.7 Å². The zero-order chi connectivity index (χ0) is 12.4. The molecule has 1 atom stereocenters. The fraction of sp³-hybridized carbons (Fsp3) is 0.846. The van der Waals surface area contributed by atoms with Crippen LogP contribution in [0, 0.1) is 5.92 Å². The fourth-order valence-electron chi connectivity index (χ4n) is 2.80. The highest BCUT2D eigenvalue weighted by atomic mass is 16.5. The Bertz CT molecular complexity index is 379. The predicted octanol–water partition coefficient (Wildman–Crippen LogP) is 2.02. The first-order chi connectivity index (χ1) is 8.83. The Morgan fingerprint density at radius 2 is 2.06 bits per heavy atom. The molecule has 1 aromatic heterocycles. The van der Waals surface area contributed by atoms with Crippen LogP contribution in [0.5, 0.6) is 0 Å². The molecule has 0 spiro atoms. The summed E-state index contributed by atoms with van der Waals surface area (Å²) in [6.45, 7) is 4.56. The number of hydrogen-bond acceptors (Lipinski definition) is 5. The molecule has 0 amide bonds. The lowest BCUT2D eigenvalue weighted by Gasteiger charge is -2.23. The average Bonchev–Trinajstić information content (AvgIpc) is 2.90. The van der Waals surface area contributed by atoms with Gasteiger partial charge >= 0.3 is 0 Å². The van der Waals surface area contributed by atoms with Crippen LogP contribution in [0.1, 0.15) is 56.3 Å². The third-order valence-electron chi connectivity index (χ3n) is 4.06. The molecule has 1 aliphatic heterocycles. The highest BCUT2D eigenvalue weighted by Gasteiger charge is 2.27. The summed E-state index contributed by atoms with van der Waals surface area (Å²) in [5.41, 5.74) is 0. The molecule has 5 nitrogen and oxygen atoms in total. The standard InChI is InChI=1S/C13H21N3O2/c1-9-2-4-10(5-3-9)12-15-13(18-16-12)11-8-17-7-6-14-11/h9-11,14H,2-8H2,1H3. The summed E-state index contributed by atoms with van der Waals surface area (Å²) < 4.78 is 10.8. The number of ether oxygens (including phenoxy) is 1. The molecular formula is C13H21N3O2. The van der Waals surface area contributed by atoms with Crippen molar-refractivity contribution < 1.29 is 9.26 Å². The third kappa shape index (κ3) is 2.57. The zero-order valence-electron chi connectivity index (χ0n) is 10.9. The number of aromatic nitrogens is 2. The molecule has 1 aliphatic carbocycles. The van der Waals surface area contributed by atoms with Gasteiger partial charge in [0.1, 0.15) is 6.04 Å². The molecule has 100 valence electrons. The van der Waals surface area contributed by atoms with Gasteiger partial charge in [0.15, 0.2) is 5.82 Å². The van der Waals surface area contributed by atoms with Gasteiger partial charge in [0.05, 0.1) is 13.2 Å². The van der Waals surface area contributed by atoms with Gasteiger partial charge in [0.25, 0.3) is 0 Å². The molecule has 1 N–H and O–H groups in total. The van der Waals surface area contributed by atoms with E-state index < -0.39 is 0 Å². The molecule has 1 saturated carbocycles. The van der Waals surface area contributed by atoms with E-state index in [-0.39, 0.29) is 6.04 Å². The number of hydrogen-bond donors (Lipinski definition) is 1. The van der Waals surface area contributed by atoms with Gasteiger partial charge < -0.3 is 14.6 Å². The van der Waals surface area contributed by atoms with Crippen LogP contribution in [0.15, 0.2) is 4.52 Å². The first kappa shape index (κ1) is 12.1. The van der Waals surface area contributed by atoms with Crippen molar-refractivity contribution in [2.75, 3.05) is 19.8 Å². The zero-order valence-corrected chi connectivity index (χ0v) is 10.9. The Kier molecular flexibility index (Phi) is 3.61. The second-order valence-corrected chi connectivity index (χ2v) is 5.53. The van der Waals surface area contributed by atoms with Crippen LogP contribution in [-0.2, 0) is 4.74 Å². The van der Waals surface area contributed by atoms with Crippen LogP contribution in [-0.4, -0.2) is 29.9 Å². The minimum atomic E-state index is 0.0718. The number of nitrogens with zero attached hydrogens (tertiary/aromatic N) is 2. The Balaban J connectivity index is 1.65. The van der Waals surface area contributed by atoms with Crippen molar-refractivity contribution in [3.63, 3.8) is 0 Å². The summed E-state index contributed by atoms with van der Waals surface area (Å²) in [5.74, 6) is 2.91. The summed E-state index contributed by atoms with van der Waals surface area (Å²) in [4.78, 5) is 4.56. The number of rotatable bonds is 2. The first-order valence-electron chi connectivity index (χ1n) is 6.97. The predicted molar refractivity (Wildman–Crippen MR) is 66.2 cm³/mol. The highest BCUT2D eigenvalue weighted by Crippen LogP contribution is 2.34. The van der Waals surface area contributed by atoms with Crippen LogP contribution >= 0.6 is 0 Å². The van der Waals surface area contributed by atoms with E-state index in [0.29, 0.717) is 18.4 Å². The molecule has 0 radical (unpaired) electrons. The molecule has 1 aromatic rings. The van der Waals surface area contributed by atoms with Crippen molar-refractivity contribution in [2.45, 2.75) is 44.6 Å². The van der Waals surface area contributed by atoms with E-state index in [2.05, 4.69) is 22.4 Å². The molecule has 2 aliphatic rings. The number of morpholine rings is 1. The maximum absolute atomic E-state index is 5.42. The summed E-state index contributed by atoms with van der Waals surface area (Å²) in [7, 11) is 0. The van der Waals surface area contributed by atoms with Gasteiger partial charge in [-0.25, -0.2) is 0 Å². The molecule has 0 aromatic carbocycles. The Morgan fingerprint density at radius 1 is 1.22 bits per heavy atom. The Labute approximate surface area is 107 Å². The van der Waals surface area contributed by atoms with E-state index in [1.54, 1.807) is 0 Å². The second kappa shape index (κ2) is 5.36. The lowest BCUT2D eigenvalue weighted by atomic mass is 9.83. The van der Waals surface area contributed by atoms with E-state index in [9.17, 15) is 0 Å². The van der Waals surface area contributed by atoms with Crippen LogP contribution in [0.4, 0.5) is 0 Å². The minimum absolute atomic E-state index is 0.0718. The van der Waals surface area contributed by atoms with Crippen molar-refractivity contribution in [1.82, 2.24) is 15.5 Å². The van der Waals surface area contributed by atoms with Crippen LogP contribution in [0.2, 0.25) is 0 Å². The highest BCUT2D eigenvalue weighted by molar-refractivity contribution is 5.00. The summed E-state index contributed by atoms with van der Waals surface area (Å²) in [6.07, 6.45) is 4.93. The summed E-state index contributed by atoms with van der Waals surface area (Å²) in [6, 6.07) is 0.0718. The van der Waals surface area contributed by atoms with E-state index in [0.717, 1.165) is 24.9 Å². The molecular weight excluding hydrogens is 230 g/mol. The molecule has 18 heavy (non-hydrogen) atoms. The smallest absolute Gasteiger partial charge is 0.246 e. The molecule has 0 bridgehead atoms. The largest absolute Gasteiger partial charge is 0.378 e. The molecule has 2 fully saturated rings. The van der Waals surface area contributed by atoms with Crippen molar-refractivity contribution in [2.24, 2.45) is 5.92 Å². The van der Waals surface area contributed by atoms with E-state index in [1.807, 2.05) is 0 Å². The van der Waals surface area contributed by atoms with Crippen molar-refractivity contribution in [3.8, 4) is 0 Å². The molecule has 2 heterocycles. The maximum atomic E-state index is 5.42. The Morgan fingerprint density at radius 3 is 2.78 bits per heavy atom. The topological polar surface area (TPSA) is 60.2 Å². The minimum Gasteiger partial charge on any atom is -0.378 e. The molecule has 5 heteroatoms. The van der Waals surface area contributed by atoms with Gasteiger partial charge in [0, 0.05) is 12.5 Å². The van der Waals surface area contributed by atoms with Gasteiger partial charge in [-0.05, 0) is 18.8 Å². The van der Waals surface area contributed by atoms with Crippen molar-refractivity contribution >= 4 is 0 Å². The van der Waals surface area contributed by atoms with Crippen LogP contribution in [0.3, 0.4) is 0 Å². The van der Waals surface area contributed by atoms with E-state index >= 15 is 0 Å². The van der Waals surface area contributed by atoms with Gasteiger partial charge in [-0.3, -0.25) is 0 Å². The third-order valence-corrected chi connectivity index (χ3v) is 4.06.